The quantitative estimate of drug-likeness (QED) is 0.590. The van der Waals surface area contributed by atoms with Crippen LogP contribution in [0, 0.1) is 11.8 Å². The predicted molar refractivity (Wildman–Crippen MR) is 98.0 cm³/mol. The second-order valence-electron chi connectivity index (χ2n) is 7.35. The van der Waals surface area contributed by atoms with E-state index in [0.717, 1.165) is 47.1 Å². The molecule has 5 rings (SSSR count). The van der Waals surface area contributed by atoms with Gasteiger partial charge in [0.05, 0.1) is 17.3 Å². The highest BCUT2D eigenvalue weighted by Crippen LogP contribution is 2.46. The van der Waals surface area contributed by atoms with E-state index in [0.29, 0.717) is 23.7 Å². The van der Waals surface area contributed by atoms with E-state index in [1.807, 2.05) is 18.2 Å². The van der Waals surface area contributed by atoms with Gasteiger partial charge in [0, 0.05) is 40.9 Å². The molecule has 0 amide bonds. The molecule has 3 aromatic rings. The molecular formula is C19H21N5O. The number of pyridine rings is 1. The van der Waals surface area contributed by atoms with Gasteiger partial charge in [0.15, 0.2) is 0 Å². The van der Waals surface area contributed by atoms with Crippen molar-refractivity contribution in [3.8, 4) is 11.3 Å². The maximum Gasteiger partial charge on any atom is 0.126 e. The first-order valence-corrected chi connectivity index (χ1v) is 8.82. The fourth-order valence-electron chi connectivity index (χ4n) is 4.63. The maximum atomic E-state index is 10.2. The van der Waals surface area contributed by atoms with Gasteiger partial charge in [-0.1, -0.05) is 12.1 Å². The number of benzene rings is 1. The Bertz CT molecular complexity index is 923. The zero-order valence-corrected chi connectivity index (χ0v) is 13.8. The maximum absolute atomic E-state index is 10.2. The van der Waals surface area contributed by atoms with E-state index in [1.165, 1.54) is 0 Å². The number of nitrogens with one attached hydrogen (secondary N) is 2. The van der Waals surface area contributed by atoms with Crippen LogP contribution in [0.3, 0.4) is 0 Å². The number of anilines is 2. The Morgan fingerprint density at radius 3 is 2.84 bits per heavy atom. The highest BCUT2D eigenvalue weighted by Gasteiger charge is 2.45. The third-order valence-corrected chi connectivity index (χ3v) is 5.76. The highest BCUT2D eigenvalue weighted by atomic mass is 16.3. The van der Waals surface area contributed by atoms with Crippen molar-refractivity contribution >= 4 is 22.4 Å². The lowest BCUT2D eigenvalue weighted by Gasteiger charge is -2.28. The summed E-state index contributed by atoms with van der Waals surface area (Å²) in [6, 6.07) is 10.3. The number of aromatic amines is 1. The normalized spacial score (nSPS) is 27.9. The van der Waals surface area contributed by atoms with Crippen LogP contribution >= 0.6 is 0 Å². The number of aromatic nitrogens is 3. The van der Waals surface area contributed by atoms with Crippen LogP contribution in [0.4, 0.5) is 11.5 Å². The van der Waals surface area contributed by atoms with Crippen molar-refractivity contribution in [1.82, 2.24) is 15.2 Å². The number of aliphatic hydroxyl groups is 1. The van der Waals surface area contributed by atoms with E-state index in [-0.39, 0.29) is 6.10 Å². The smallest absolute Gasteiger partial charge is 0.126 e. The number of fused-ring (bicyclic) bond motifs is 3. The average molecular weight is 335 g/mol. The molecule has 0 radical (unpaired) electrons. The molecule has 6 nitrogen and oxygen atoms in total. The first kappa shape index (κ1) is 14.7. The Morgan fingerprint density at radius 1 is 1.16 bits per heavy atom. The van der Waals surface area contributed by atoms with E-state index in [9.17, 15) is 5.11 Å². The van der Waals surface area contributed by atoms with Gasteiger partial charge in [-0.25, -0.2) is 4.98 Å². The summed E-state index contributed by atoms with van der Waals surface area (Å²) in [6.45, 7) is 0. The second-order valence-corrected chi connectivity index (χ2v) is 7.35. The highest BCUT2D eigenvalue weighted by molar-refractivity contribution is 5.95. The minimum Gasteiger partial charge on any atom is -0.393 e. The van der Waals surface area contributed by atoms with Crippen LogP contribution in [-0.4, -0.2) is 32.4 Å². The largest absolute Gasteiger partial charge is 0.393 e. The summed E-state index contributed by atoms with van der Waals surface area (Å²) in [5.41, 5.74) is 9.90. The minimum atomic E-state index is -0.173. The molecule has 4 atom stereocenters. The Morgan fingerprint density at radius 2 is 2.08 bits per heavy atom. The van der Waals surface area contributed by atoms with Crippen molar-refractivity contribution in [3.63, 3.8) is 0 Å². The van der Waals surface area contributed by atoms with Crippen molar-refractivity contribution in [2.24, 2.45) is 11.8 Å². The third kappa shape index (κ3) is 2.44. The third-order valence-electron chi connectivity index (χ3n) is 5.76. The molecule has 5 N–H and O–H groups in total. The van der Waals surface area contributed by atoms with Crippen LogP contribution in [0.15, 0.2) is 36.5 Å². The summed E-state index contributed by atoms with van der Waals surface area (Å²) in [7, 11) is 0. The van der Waals surface area contributed by atoms with E-state index in [4.69, 9.17) is 5.73 Å². The summed E-state index contributed by atoms with van der Waals surface area (Å²) in [5.74, 6) is 1.49. The number of rotatable bonds is 3. The van der Waals surface area contributed by atoms with Crippen molar-refractivity contribution in [3.05, 3.63) is 36.5 Å². The fourth-order valence-corrected chi connectivity index (χ4v) is 4.63. The second kappa shape index (κ2) is 5.46. The molecule has 1 aromatic carbocycles. The fraction of sp³-hybridized carbons (Fsp3) is 0.368. The number of hydrogen-bond donors (Lipinski definition) is 4. The van der Waals surface area contributed by atoms with Crippen LogP contribution in [0.1, 0.15) is 19.3 Å². The van der Waals surface area contributed by atoms with Crippen LogP contribution in [0.25, 0.3) is 22.2 Å². The van der Waals surface area contributed by atoms with Crippen LogP contribution < -0.4 is 11.1 Å². The predicted octanol–water partition coefficient (Wildman–Crippen LogP) is 2.78. The van der Waals surface area contributed by atoms with Gasteiger partial charge in [0.2, 0.25) is 0 Å². The SMILES string of the molecule is Nc1cc(N[C@@H]2C[C@H]3C[C@@H]2[C@@H](O)C3)c2ccc(-c3ccn[nH]3)cc2n1. The molecule has 0 aliphatic heterocycles. The molecule has 0 saturated heterocycles. The molecule has 25 heavy (non-hydrogen) atoms. The number of nitrogen functional groups attached to an aromatic ring is 1. The molecule has 6 heteroatoms. The van der Waals surface area contributed by atoms with Gasteiger partial charge in [-0.3, -0.25) is 5.10 Å². The molecule has 128 valence electrons. The van der Waals surface area contributed by atoms with Gasteiger partial charge in [0.25, 0.3) is 0 Å². The van der Waals surface area contributed by atoms with Crippen molar-refractivity contribution in [1.29, 1.82) is 0 Å². The molecule has 2 fully saturated rings. The summed E-state index contributed by atoms with van der Waals surface area (Å²) in [6.07, 6.45) is 4.77. The Balaban J connectivity index is 1.52. The molecule has 2 aromatic heterocycles. The number of nitrogens with two attached hydrogens (primary N) is 1. The van der Waals surface area contributed by atoms with Gasteiger partial charge in [-0.05, 0) is 37.3 Å². The molecule has 2 heterocycles. The molecule has 0 unspecified atom stereocenters. The summed E-state index contributed by atoms with van der Waals surface area (Å²) < 4.78 is 0. The zero-order chi connectivity index (χ0) is 17.0. The number of aliphatic hydroxyl groups excluding tert-OH is 1. The van der Waals surface area contributed by atoms with E-state index in [2.05, 4.69) is 32.6 Å². The minimum absolute atomic E-state index is 0.173. The average Bonchev–Trinajstić information content (AvgIpc) is 3.30. The van der Waals surface area contributed by atoms with Gasteiger partial charge in [-0.15, -0.1) is 0 Å². The van der Waals surface area contributed by atoms with E-state index >= 15 is 0 Å². The topological polar surface area (TPSA) is 99.9 Å². The van der Waals surface area contributed by atoms with Crippen LogP contribution in [0.5, 0.6) is 0 Å². The monoisotopic (exact) mass is 335 g/mol. The van der Waals surface area contributed by atoms with Gasteiger partial charge in [-0.2, -0.15) is 5.10 Å². The summed E-state index contributed by atoms with van der Waals surface area (Å²) in [4.78, 5) is 4.50. The van der Waals surface area contributed by atoms with Crippen LogP contribution in [0.2, 0.25) is 0 Å². The first-order valence-electron chi connectivity index (χ1n) is 8.82. The van der Waals surface area contributed by atoms with Gasteiger partial charge >= 0.3 is 0 Å². The number of H-pyrrole nitrogens is 1. The van der Waals surface area contributed by atoms with Crippen molar-refractivity contribution in [2.45, 2.75) is 31.4 Å². The first-order chi connectivity index (χ1) is 12.2. The number of hydrogen-bond acceptors (Lipinski definition) is 5. The zero-order valence-electron chi connectivity index (χ0n) is 13.8. The lowest BCUT2D eigenvalue weighted by Crippen LogP contribution is -2.34. The molecular weight excluding hydrogens is 314 g/mol. The summed E-state index contributed by atoms with van der Waals surface area (Å²) in [5, 5.41) is 21.9. The molecule has 2 aliphatic rings. The Labute approximate surface area is 145 Å². The van der Waals surface area contributed by atoms with E-state index < -0.39 is 0 Å². The molecule has 2 aliphatic carbocycles. The molecule has 2 saturated carbocycles. The van der Waals surface area contributed by atoms with Crippen molar-refractivity contribution < 1.29 is 5.11 Å². The molecule has 2 bridgehead atoms. The van der Waals surface area contributed by atoms with E-state index in [1.54, 1.807) is 6.20 Å². The molecule has 0 spiro atoms. The number of nitrogens with zero attached hydrogens (tertiary/aromatic N) is 2. The van der Waals surface area contributed by atoms with Gasteiger partial charge in [0.1, 0.15) is 5.82 Å². The standard InChI is InChI=1S/C19H21N5O/c20-19-9-17(22-15-6-10-5-13(15)18(25)7-10)12-2-1-11(8-16(12)23-19)14-3-4-21-24-14/h1-4,8-10,13,15,18,25H,5-7H2,(H,21,24)(H3,20,22,23)/t10-,13+,15-,18+/m1/s1. The Hall–Kier alpha value is -2.60. The Kier molecular flexibility index (Phi) is 3.21. The lowest BCUT2D eigenvalue weighted by molar-refractivity contribution is 0.107. The lowest BCUT2D eigenvalue weighted by atomic mass is 9.92. The van der Waals surface area contributed by atoms with Crippen LogP contribution in [-0.2, 0) is 0 Å². The summed E-state index contributed by atoms with van der Waals surface area (Å²) >= 11 is 0. The van der Waals surface area contributed by atoms with Crippen molar-refractivity contribution in [2.75, 3.05) is 11.1 Å². The van der Waals surface area contributed by atoms with Gasteiger partial charge < -0.3 is 16.2 Å².